The molecule has 11 heavy (non-hydrogen) atoms. The van der Waals surface area contributed by atoms with E-state index in [4.69, 9.17) is 5.11 Å². The molecule has 0 saturated carbocycles. The maximum atomic E-state index is 10.3. The number of rotatable bonds is 5. The summed E-state index contributed by atoms with van der Waals surface area (Å²) in [6, 6.07) is -0.464. The summed E-state index contributed by atoms with van der Waals surface area (Å²) in [4.78, 5) is 10.3. The van der Waals surface area contributed by atoms with Crippen molar-refractivity contribution in [3.8, 4) is 0 Å². The number of hydrogen-bond acceptors (Lipinski definition) is 2. The summed E-state index contributed by atoms with van der Waals surface area (Å²) >= 11 is 0. The van der Waals surface area contributed by atoms with Gasteiger partial charge in [-0.2, -0.15) is 0 Å². The van der Waals surface area contributed by atoms with E-state index in [0.717, 1.165) is 12.0 Å². The van der Waals surface area contributed by atoms with Crippen molar-refractivity contribution in [1.82, 2.24) is 5.32 Å². The van der Waals surface area contributed by atoms with Crippen LogP contribution in [0.1, 0.15) is 20.3 Å². The normalized spacial score (nSPS) is 12.5. The maximum absolute atomic E-state index is 10.3. The highest BCUT2D eigenvalue weighted by Crippen LogP contribution is 1.92. The molecule has 0 fully saturated rings. The molecule has 1 unspecified atom stereocenters. The fourth-order valence-electron chi connectivity index (χ4n) is 0.589. The maximum Gasteiger partial charge on any atom is 0.320 e. The molecule has 0 radical (unpaired) electrons. The Hall–Kier alpha value is -0.830. The average Bonchev–Trinajstić information content (AvgIpc) is 1.86. The number of hydrogen-bond donors (Lipinski definition) is 2. The fourth-order valence-corrected chi connectivity index (χ4v) is 0.589. The summed E-state index contributed by atoms with van der Waals surface area (Å²) in [5.41, 5.74) is 1.06. The van der Waals surface area contributed by atoms with Crippen LogP contribution in [0.15, 0.2) is 12.2 Å². The Morgan fingerprint density at radius 3 is 2.64 bits per heavy atom. The molecule has 64 valence electrons. The van der Waals surface area contributed by atoms with Gasteiger partial charge in [-0.25, -0.2) is 0 Å². The van der Waals surface area contributed by atoms with Gasteiger partial charge in [-0.05, 0) is 26.8 Å². The lowest BCUT2D eigenvalue weighted by Gasteiger charge is -2.07. The number of carboxylic acids is 1. The molecule has 1 atom stereocenters. The highest BCUT2D eigenvalue weighted by molar-refractivity contribution is 5.72. The van der Waals surface area contributed by atoms with E-state index in [1.54, 1.807) is 6.92 Å². The van der Waals surface area contributed by atoms with Crippen molar-refractivity contribution in [2.45, 2.75) is 26.3 Å². The summed E-state index contributed by atoms with van der Waals surface area (Å²) in [6.07, 6.45) is 0.831. The topological polar surface area (TPSA) is 49.3 Å². The third-order valence-corrected chi connectivity index (χ3v) is 1.37. The van der Waals surface area contributed by atoms with Crippen LogP contribution < -0.4 is 5.32 Å². The quantitative estimate of drug-likeness (QED) is 0.586. The van der Waals surface area contributed by atoms with Crippen LogP contribution in [-0.4, -0.2) is 23.7 Å². The van der Waals surface area contributed by atoms with Crippen LogP contribution in [0.25, 0.3) is 0 Å². The first kappa shape index (κ1) is 10.2. The predicted octanol–water partition coefficient (Wildman–Crippen LogP) is 1.02. The molecule has 0 saturated heterocycles. The van der Waals surface area contributed by atoms with Gasteiger partial charge in [0.1, 0.15) is 6.04 Å². The SMILES string of the molecule is C=C(C)CCNC(C)C(=O)O. The lowest BCUT2D eigenvalue weighted by atomic mass is 10.2. The lowest BCUT2D eigenvalue weighted by molar-refractivity contribution is -0.138. The molecule has 0 aromatic carbocycles. The molecule has 0 rings (SSSR count). The molecule has 0 bridgehead atoms. The minimum atomic E-state index is -0.813. The molecular weight excluding hydrogens is 142 g/mol. The highest BCUT2D eigenvalue weighted by atomic mass is 16.4. The first-order chi connectivity index (χ1) is 5.04. The Labute approximate surface area is 67.1 Å². The molecule has 0 aromatic rings. The standard InChI is InChI=1S/C8H15NO2/c1-6(2)4-5-9-7(3)8(10)11/h7,9H,1,4-5H2,2-3H3,(H,10,11). The van der Waals surface area contributed by atoms with Gasteiger partial charge in [-0.1, -0.05) is 5.57 Å². The van der Waals surface area contributed by atoms with Gasteiger partial charge in [-0.15, -0.1) is 6.58 Å². The van der Waals surface area contributed by atoms with Gasteiger partial charge >= 0.3 is 5.97 Å². The van der Waals surface area contributed by atoms with E-state index >= 15 is 0 Å². The zero-order chi connectivity index (χ0) is 8.85. The molecule has 0 spiro atoms. The molecule has 2 N–H and O–H groups in total. The zero-order valence-corrected chi connectivity index (χ0v) is 7.05. The third-order valence-electron chi connectivity index (χ3n) is 1.37. The number of nitrogens with one attached hydrogen (secondary N) is 1. The average molecular weight is 157 g/mol. The van der Waals surface area contributed by atoms with Crippen LogP contribution in [-0.2, 0) is 4.79 Å². The summed E-state index contributed by atoms with van der Waals surface area (Å²) in [7, 11) is 0. The number of carbonyl (C=O) groups is 1. The Bertz CT molecular complexity index is 154. The Balaban J connectivity index is 3.39. The molecule has 3 heteroatoms. The van der Waals surface area contributed by atoms with E-state index in [9.17, 15) is 4.79 Å². The van der Waals surface area contributed by atoms with Crippen LogP contribution in [0.5, 0.6) is 0 Å². The van der Waals surface area contributed by atoms with Crippen molar-refractivity contribution in [2.75, 3.05) is 6.54 Å². The fraction of sp³-hybridized carbons (Fsp3) is 0.625. The molecule has 0 amide bonds. The van der Waals surface area contributed by atoms with Crippen molar-refractivity contribution in [3.05, 3.63) is 12.2 Å². The minimum absolute atomic E-state index is 0.464. The van der Waals surface area contributed by atoms with Crippen molar-refractivity contribution in [2.24, 2.45) is 0 Å². The van der Waals surface area contributed by atoms with Gasteiger partial charge in [0.15, 0.2) is 0 Å². The molecule has 0 aromatic heterocycles. The predicted molar refractivity (Wildman–Crippen MR) is 44.5 cm³/mol. The second kappa shape index (κ2) is 4.91. The zero-order valence-electron chi connectivity index (χ0n) is 7.05. The van der Waals surface area contributed by atoms with Gasteiger partial charge in [0, 0.05) is 0 Å². The van der Waals surface area contributed by atoms with Crippen LogP contribution in [0.3, 0.4) is 0 Å². The van der Waals surface area contributed by atoms with Crippen molar-refractivity contribution in [3.63, 3.8) is 0 Å². The highest BCUT2D eigenvalue weighted by Gasteiger charge is 2.07. The Kier molecular flexibility index (Phi) is 4.54. The molecule has 0 heterocycles. The minimum Gasteiger partial charge on any atom is -0.480 e. The lowest BCUT2D eigenvalue weighted by Crippen LogP contribution is -2.34. The summed E-state index contributed by atoms with van der Waals surface area (Å²) < 4.78 is 0. The van der Waals surface area contributed by atoms with E-state index < -0.39 is 12.0 Å². The Morgan fingerprint density at radius 1 is 1.73 bits per heavy atom. The van der Waals surface area contributed by atoms with Crippen molar-refractivity contribution < 1.29 is 9.90 Å². The molecule has 0 aliphatic heterocycles. The van der Waals surface area contributed by atoms with E-state index in [1.165, 1.54) is 0 Å². The number of aliphatic carboxylic acids is 1. The van der Waals surface area contributed by atoms with Gasteiger partial charge in [0.05, 0.1) is 0 Å². The molecular formula is C8H15NO2. The molecule has 0 aliphatic rings. The smallest absolute Gasteiger partial charge is 0.320 e. The summed E-state index contributed by atoms with van der Waals surface area (Å²) in [5, 5.41) is 11.3. The van der Waals surface area contributed by atoms with Crippen molar-refractivity contribution in [1.29, 1.82) is 0 Å². The first-order valence-corrected chi connectivity index (χ1v) is 3.64. The first-order valence-electron chi connectivity index (χ1n) is 3.64. The molecule has 0 aliphatic carbocycles. The summed E-state index contributed by atoms with van der Waals surface area (Å²) in [5.74, 6) is -0.813. The van der Waals surface area contributed by atoms with Gasteiger partial charge in [0.2, 0.25) is 0 Å². The van der Waals surface area contributed by atoms with Crippen molar-refractivity contribution >= 4 is 5.97 Å². The number of carboxylic acid groups (broad SMARTS) is 1. The monoisotopic (exact) mass is 157 g/mol. The van der Waals surface area contributed by atoms with Gasteiger partial charge in [-0.3, -0.25) is 4.79 Å². The third kappa shape index (κ3) is 5.61. The second-order valence-electron chi connectivity index (χ2n) is 2.72. The Morgan fingerprint density at radius 2 is 2.27 bits per heavy atom. The second-order valence-corrected chi connectivity index (χ2v) is 2.72. The van der Waals surface area contributed by atoms with E-state index in [2.05, 4.69) is 11.9 Å². The van der Waals surface area contributed by atoms with Gasteiger partial charge in [0.25, 0.3) is 0 Å². The largest absolute Gasteiger partial charge is 0.480 e. The van der Waals surface area contributed by atoms with Crippen LogP contribution >= 0.6 is 0 Å². The van der Waals surface area contributed by atoms with E-state index in [0.29, 0.717) is 6.54 Å². The summed E-state index contributed by atoms with van der Waals surface area (Å²) in [6.45, 7) is 7.94. The molecule has 3 nitrogen and oxygen atoms in total. The van der Waals surface area contributed by atoms with Gasteiger partial charge < -0.3 is 10.4 Å². The van der Waals surface area contributed by atoms with E-state index in [1.807, 2.05) is 6.92 Å². The van der Waals surface area contributed by atoms with E-state index in [-0.39, 0.29) is 0 Å². The van der Waals surface area contributed by atoms with Crippen LogP contribution in [0, 0.1) is 0 Å². The van der Waals surface area contributed by atoms with Crippen LogP contribution in [0.2, 0.25) is 0 Å². The van der Waals surface area contributed by atoms with Crippen LogP contribution in [0.4, 0.5) is 0 Å².